The monoisotopic (exact) mass is 373 g/mol. The number of benzene rings is 1. The molecule has 2 aromatic rings. The lowest BCUT2D eigenvalue weighted by Crippen LogP contribution is -2.46. The van der Waals surface area contributed by atoms with E-state index in [-0.39, 0.29) is 18.2 Å². The Morgan fingerprint density at radius 3 is 2.74 bits per heavy atom. The third-order valence-corrected chi connectivity index (χ3v) is 5.11. The van der Waals surface area contributed by atoms with Crippen LogP contribution < -0.4 is 15.7 Å². The fourth-order valence-corrected chi connectivity index (χ4v) is 3.40. The molecular formula is C20H23NO6. The van der Waals surface area contributed by atoms with Gasteiger partial charge in [-0.05, 0) is 42.9 Å². The minimum Gasteiger partial charge on any atom is -0.484 e. The molecule has 27 heavy (non-hydrogen) atoms. The van der Waals surface area contributed by atoms with Crippen molar-refractivity contribution in [1.82, 2.24) is 5.32 Å². The molecule has 1 aliphatic rings. The predicted octanol–water partition coefficient (Wildman–Crippen LogP) is 2.28. The van der Waals surface area contributed by atoms with Crippen LogP contribution in [0.5, 0.6) is 5.75 Å². The van der Waals surface area contributed by atoms with E-state index in [1.807, 2.05) is 13.0 Å². The molecule has 1 aromatic carbocycles. The van der Waals surface area contributed by atoms with E-state index in [0.29, 0.717) is 17.8 Å². The van der Waals surface area contributed by atoms with E-state index in [2.05, 4.69) is 5.32 Å². The van der Waals surface area contributed by atoms with E-state index < -0.39 is 17.9 Å². The first-order valence-electron chi connectivity index (χ1n) is 9.14. The van der Waals surface area contributed by atoms with Crippen molar-refractivity contribution in [2.45, 2.75) is 45.6 Å². The maximum Gasteiger partial charge on any atom is 0.339 e. The molecule has 0 saturated heterocycles. The summed E-state index contributed by atoms with van der Waals surface area (Å²) in [6.45, 7) is 3.31. The molecule has 1 aliphatic carbocycles. The van der Waals surface area contributed by atoms with E-state index in [4.69, 9.17) is 9.15 Å². The maximum absolute atomic E-state index is 12.1. The predicted molar refractivity (Wildman–Crippen MR) is 99.0 cm³/mol. The van der Waals surface area contributed by atoms with Crippen LogP contribution in [0, 0.1) is 5.92 Å². The average Bonchev–Trinajstić information content (AvgIpc) is 3.14. The second-order valence-corrected chi connectivity index (χ2v) is 6.92. The topological polar surface area (TPSA) is 106 Å². The van der Waals surface area contributed by atoms with E-state index in [1.54, 1.807) is 19.1 Å². The highest BCUT2D eigenvalue weighted by Crippen LogP contribution is 2.29. The third kappa shape index (κ3) is 3.97. The number of aliphatic carboxylic acids is 1. The Kier molecular flexibility index (Phi) is 5.48. The lowest BCUT2D eigenvalue weighted by Gasteiger charge is -2.20. The molecule has 3 rings (SSSR count). The number of hydrogen-bond donors (Lipinski definition) is 2. The van der Waals surface area contributed by atoms with E-state index in [0.717, 1.165) is 35.8 Å². The first-order valence-corrected chi connectivity index (χ1v) is 9.14. The van der Waals surface area contributed by atoms with Gasteiger partial charge >= 0.3 is 11.6 Å². The zero-order chi connectivity index (χ0) is 19.6. The Labute approximate surface area is 156 Å². The number of amides is 1. The van der Waals surface area contributed by atoms with Gasteiger partial charge in [0.25, 0.3) is 5.91 Å². The van der Waals surface area contributed by atoms with E-state index in [9.17, 15) is 19.5 Å². The largest absolute Gasteiger partial charge is 0.484 e. The zero-order valence-electron chi connectivity index (χ0n) is 15.4. The smallest absolute Gasteiger partial charge is 0.339 e. The number of nitrogens with one attached hydrogen (secondary N) is 1. The lowest BCUT2D eigenvalue weighted by molar-refractivity contribution is -0.143. The summed E-state index contributed by atoms with van der Waals surface area (Å²) in [4.78, 5) is 35.4. The molecule has 0 spiro atoms. The molecule has 144 valence electrons. The van der Waals surface area contributed by atoms with Crippen LogP contribution >= 0.6 is 0 Å². The quantitative estimate of drug-likeness (QED) is 0.721. The fourth-order valence-electron chi connectivity index (χ4n) is 3.40. The van der Waals surface area contributed by atoms with Crippen LogP contribution in [-0.2, 0) is 22.4 Å². The molecule has 7 nitrogen and oxygen atoms in total. The second kappa shape index (κ2) is 7.82. The van der Waals surface area contributed by atoms with Crippen LogP contribution in [-0.4, -0.2) is 29.6 Å². The van der Waals surface area contributed by atoms with Crippen molar-refractivity contribution in [3.8, 4) is 5.75 Å². The van der Waals surface area contributed by atoms with E-state index >= 15 is 0 Å². The van der Waals surface area contributed by atoms with Gasteiger partial charge in [-0.3, -0.25) is 4.79 Å². The molecule has 0 radical (unpaired) electrons. The minimum atomic E-state index is -1.07. The van der Waals surface area contributed by atoms with Gasteiger partial charge in [0.2, 0.25) is 0 Å². The number of fused-ring (bicyclic) bond motifs is 3. The van der Waals surface area contributed by atoms with Gasteiger partial charge < -0.3 is 19.6 Å². The molecule has 1 amide bonds. The molecule has 0 bridgehead atoms. The van der Waals surface area contributed by atoms with Crippen molar-refractivity contribution in [1.29, 1.82) is 0 Å². The van der Waals surface area contributed by atoms with Gasteiger partial charge in [-0.15, -0.1) is 0 Å². The van der Waals surface area contributed by atoms with Crippen molar-refractivity contribution >= 4 is 22.8 Å². The third-order valence-electron chi connectivity index (χ3n) is 5.11. The number of carboxylic acid groups (broad SMARTS) is 1. The van der Waals surface area contributed by atoms with Crippen LogP contribution in [0.3, 0.4) is 0 Å². The summed E-state index contributed by atoms with van der Waals surface area (Å²) in [6, 6.07) is 4.18. The first kappa shape index (κ1) is 18.9. The maximum atomic E-state index is 12.1. The number of carboxylic acids is 1. The summed E-state index contributed by atoms with van der Waals surface area (Å²) in [5.41, 5.74) is 1.90. The Bertz CT molecular complexity index is 932. The van der Waals surface area contributed by atoms with Crippen molar-refractivity contribution < 1.29 is 23.8 Å². The van der Waals surface area contributed by atoms with Crippen LogP contribution in [0.15, 0.2) is 27.4 Å². The van der Waals surface area contributed by atoms with Crippen LogP contribution in [0.2, 0.25) is 0 Å². The number of aryl methyl sites for hydroxylation is 1. The molecule has 0 saturated carbocycles. The Balaban J connectivity index is 1.70. The Hall–Kier alpha value is -2.83. The van der Waals surface area contributed by atoms with Crippen molar-refractivity contribution in [3.63, 3.8) is 0 Å². The first-order chi connectivity index (χ1) is 12.9. The highest BCUT2D eigenvalue weighted by molar-refractivity contribution is 5.85. The van der Waals surface area contributed by atoms with Gasteiger partial charge in [0.15, 0.2) is 6.61 Å². The standard InChI is InChI=1S/C20H23NO6/c1-3-11(2)18(19(23)24)21-17(22)10-26-12-7-8-14-13-5-4-6-15(13)20(25)27-16(14)9-12/h7-9,11,18H,3-6,10H2,1-2H3,(H,21,22)(H,23,24). The average molecular weight is 373 g/mol. The van der Waals surface area contributed by atoms with Crippen LogP contribution in [0.1, 0.15) is 37.8 Å². The molecular weight excluding hydrogens is 350 g/mol. The van der Waals surface area contributed by atoms with Gasteiger partial charge in [0.1, 0.15) is 17.4 Å². The van der Waals surface area contributed by atoms with Crippen LogP contribution in [0.4, 0.5) is 0 Å². The number of carbonyl (C=O) groups is 2. The molecule has 0 fully saturated rings. The number of hydrogen-bond acceptors (Lipinski definition) is 5. The van der Waals surface area contributed by atoms with Gasteiger partial charge in [-0.2, -0.15) is 0 Å². The highest BCUT2D eigenvalue weighted by atomic mass is 16.5. The summed E-state index contributed by atoms with van der Waals surface area (Å²) >= 11 is 0. The zero-order valence-corrected chi connectivity index (χ0v) is 15.4. The van der Waals surface area contributed by atoms with Gasteiger partial charge in [0.05, 0.1) is 0 Å². The molecule has 7 heteroatoms. The summed E-state index contributed by atoms with van der Waals surface area (Å²) in [5, 5.41) is 12.6. The lowest BCUT2D eigenvalue weighted by atomic mass is 9.99. The number of ether oxygens (including phenoxy) is 1. The Morgan fingerprint density at radius 1 is 1.30 bits per heavy atom. The Morgan fingerprint density at radius 2 is 2.04 bits per heavy atom. The molecule has 1 aromatic heterocycles. The number of rotatable bonds is 7. The molecule has 2 N–H and O–H groups in total. The van der Waals surface area contributed by atoms with Crippen molar-refractivity contribution in [2.75, 3.05) is 6.61 Å². The van der Waals surface area contributed by atoms with E-state index in [1.165, 1.54) is 0 Å². The van der Waals surface area contributed by atoms with Gasteiger partial charge in [-0.25, -0.2) is 9.59 Å². The van der Waals surface area contributed by atoms with Gasteiger partial charge in [0, 0.05) is 17.0 Å². The summed E-state index contributed by atoms with van der Waals surface area (Å²) < 4.78 is 10.8. The number of carbonyl (C=O) groups excluding carboxylic acids is 1. The SMILES string of the molecule is CCC(C)C(NC(=O)COc1ccc2c3c(c(=O)oc2c1)CCC3)C(=O)O. The second-order valence-electron chi connectivity index (χ2n) is 6.92. The van der Waals surface area contributed by atoms with Crippen molar-refractivity contribution in [2.24, 2.45) is 5.92 Å². The minimum absolute atomic E-state index is 0.191. The summed E-state index contributed by atoms with van der Waals surface area (Å²) in [7, 11) is 0. The summed E-state index contributed by atoms with van der Waals surface area (Å²) in [6.07, 6.45) is 3.17. The highest BCUT2D eigenvalue weighted by Gasteiger charge is 2.25. The molecule has 1 heterocycles. The molecule has 0 aliphatic heterocycles. The summed E-state index contributed by atoms with van der Waals surface area (Å²) in [5.74, 6) is -1.39. The van der Waals surface area contributed by atoms with Crippen LogP contribution in [0.25, 0.3) is 11.0 Å². The van der Waals surface area contributed by atoms with Crippen molar-refractivity contribution in [3.05, 3.63) is 39.7 Å². The normalized spacial score (nSPS) is 15.2. The molecule has 2 unspecified atom stereocenters. The molecule has 2 atom stereocenters. The fraction of sp³-hybridized carbons (Fsp3) is 0.450. The van der Waals surface area contributed by atoms with Gasteiger partial charge in [-0.1, -0.05) is 20.3 Å².